The van der Waals surface area contributed by atoms with Crippen LogP contribution in [-0.4, -0.2) is 13.3 Å². The number of hydrogen-bond acceptors (Lipinski definition) is 3. The van der Waals surface area contributed by atoms with Crippen molar-refractivity contribution in [3.63, 3.8) is 0 Å². The van der Waals surface area contributed by atoms with Gasteiger partial charge < -0.3 is 4.74 Å². The number of rotatable bonds is 3. The van der Waals surface area contributed by atoms with Crippen molar-refractivity contribution in [2.24, 2.45) is 5.10 Å². The molecule has 0 saturated heterocycles. The fourth-order valence-corrected chi connectivity index (χ4v) is 2.37. The Bertz CT molecular complexity index is 590. The van der Waals surface area contributed by atoms with Crippen LogP contribution in [0.2, 0.25) is 0 Å². The monoisotopic (exact) mass is 252 g/mol. The Hall–Kier alpha value is -2.13. The van der Waals surface area contributed by atoms with E-state index in [1.165, 1.54) is 22.3 Å². The number of fused-ring (bicyclic) bond motifs is 1. The lowest BCUT2D eigenvalue weighted by Gasteiger charge is -2.23. The summed E-state index contributed by atoms with van der Waals surface area (Å²) in [4.78, 5) is 0. The van der Waals surface area contributed by atoms with Gasteiger partial charge in [-0.25, -0.2) is 0 Å². The summed E-state index contributed by atoms with van der Waals surface area (Å²) in [6.45, 7) is 0.646. The van der Waals surface area contributed by atoms with Crippen LogP contribution in [0.1, 0.15) is 28.3 Å². The molecule has 19 heavy (non-hydrogen) atoms. The fourth-order valence-electron chi connectivity index (χ4n) is 2.37. The molecule has 1 heterocycles. The van der Waals surface area contributed by atoms with Gasteiger partial charge in [-0.05, 0) is 16.7 Å². The third-order valence-corrected chi connectivity index (χ3v) is 3.34. The number of ether oxygens (including phenoxy) is 1. The molecule has 1 atom stereocenters. The number of methoxy groups -OCH3 is 1. The van der Waals surface area contributed by atoms with Crippen molar-refractivity contribution in [3.8, 4) is 0 Å². The van der Waals surface area contributed by atoms with Crippen molar-refractivity contribution in [3.05, 3.63) is 70.8 Å². The molecule has 3 nitrogen and oxygen atoms in total. The van der Waals surface area contributed by atoms with Gasteiger partial charge in [-0.15, -0.1) is 0 Å². The van der Waals surface area contributed by atoms with Gasteiger partial charge in [0.2, 0.25) is 0 Å². The first-order valence-electron chi connectivity index (χ1n) is 6.34. The van der Waals surface area contributed by atoms with E-state index in [-0.39, 0.29) is 6.04 Å². The molecule has 2 aromatic carbocycles. The van der Waals surface area contributed by atoms with Crippen LogP contribution in [0.25, 0.3) is 0 Å². The molecule has 3 rings (SSSR count). The van der Waals surface area contributed by atoms with Gasteiger partial charge in [0.25, 0.3) is 0 Å². The Balaban J connectivity index is 1.92. The van der Waals surface area contributed by atoms with Crippen molar-refractivity contribution in [1.29, 1.82) is 0 Å². The van der Waals surface area contributed by atoms with Crippen LogP contribution >= 0.6 is 0 Å². The molecular formula is C16H16N2O. The normalized spacial score (nSPS) is 16.8. The Morgan fingerprint density at radius 1 is 1.11 bits per heavy atom. The zero-order valence-corrected chi connectivity index (χ0v) is 10.8. The van der Waals surface area contributed by atoms with E-state index in [2.05, 4.69) is 53.0 Å². The molecular weight excluding hydrogens is 236 g/mol. The standard InChI is InChI=1S/C16H16N2O/c1-19-11-12-6-8-13(9-7-12)16-15-5-3-2-4-14(15)10-17-18-16/h2-10,16,18H,11H2,1H3/t16-/m0/s1. The Labute approximate surface area is 112 Å². The molecule has 2 aromatic rings. The zero-order chi connectivity index (χ0) is 13.1. The Morgan fingerprint density at radius 2 is 1.89 bits per heavy atom. The lowest BCUT2D eigenvalue weighted by Crippen LogP contribution is -2.22. The van der Waals surface area contributed by atoms with Crippen molar-refractivity contribution in [2.75, 3.05) is 7.11 Å². The van der Waals surface area contributed by atoms with Crippen LogP contribution in [0.5, 0.6) is 0 Å². The first kappa shape index (κ1) is 11.9. The molecule has 1 aliphatic rings. The predicted octanol–water partition coefficient (Wildman–Crippen LogP) is 2.86. The molecule has 0 fully saturated rings. The van der Waals surface area contributed by atoms with Crippen molar-refractivity contribution >= 4 is 6.21 Å². The maximum Gasteiger partial charge on any atom is 0.0946 e. The highest BCUT2D eigenvalue weighted by molar-refractivity contribution is 5.83. The quantitative estimate of drug-likeness (QED) is 0.911. The van der Waals surface area contributed by atoms with Crippen LogP contribution in [-0.2, 0) is 11.3 Å². The van der Waals surface area contributed by atoms with E-state index in [0.29, 0.717) is 6.61 Å². The first-order valence-corrected chi connectivity index (χ1v) is 6.34. The predicted molar refractivity (Wildman–Crippen MR) is 76.2 cm³/mol. The molecule has 0 saturated carbocycles. The second-order valence-electron chi connectivity index (χ2n) is 4.62. The molecule has 96 valence electrons. The topological polar surface area (TPSA) is 33.6 Å². The van der Waals surface area contributed by atoms with Gasteiger partial charge in [0.1, 0.15) is 0 Å². The van der Waals surface area contributed by atoms with E-state index < -0.39 is 0 Å². The SMILES string of the molecule is COCc1ccc([C@@H]2NN=Cc3ccccc32)cc1. The molecule has 0 amide bonds. The van der Waals surface area contributed by atoms with Crippen LogP contribution in [0.4, 0.5) is 0 Å². The molecule has 0 aliphatic carbocycles. The second-order valence-corrected chi connectivity index (χ2v) is 4.62. The van der Waals surface area contributed by atoms with Crippen LogP contribution in [0, 0.1) is 0 Å². The van der Waals surface area contributed by atoms with Gasteiger partial charge in [-0.3, -0.25) is 5.43 Å². The second kappa shape index (κ2) is 5.24. The van der Waals surface area contributed by atoms with Crippen LogP contribution in [0.3, 0.4) is 0 Å². The van der Waals surface area contributed by atoms with E-state index in [1.807, 2.05) is 12.3 Å². The third-order valence-electron chi connectivity index (χ3n) is 3.34. The summed E-state index contributed by atoms with van der Waals surface area (Å²) in [6, 6.07) is 16.9. The van der Waals surface area contributed by atoms with E-state index >= 15 is 0 Å². The van der Waals surface area contributed by atoms with Crippen LogP contribution in [0.15, 0.2) is 53.6 Å². The van der Waals surface area contributed by atoms with Crippen molar-refractivity contribution in [1.82, 2.24) is 5.43 Å². The number of nitrogens with zero attached hydrogens (tertiary/aromatic N) is 1. The van der Waals surface area contributed by atoms with Gasteiger partial charge in [-0.1, -0.05) is 48.5 Å². The maximum absolute atomic E-state index is 5.13. The van der Waals surface area contributed by atoms with E-state index in [0.717, 1.165) is 0 Å². The van der Waals surface area contributed by atoms with Crippen molar-refractivity contribution in [2.45, 2.75) is 12.6 Å². The number of hydrazone groups is 1. The minimum absolute atomic E-state index is 0.123. The summed E-state index contributed by atoms with van der Waals surface area (Å²) in [6.07, 6.45) is 1.87. The average Bonchev–Trinajstić information content (AvgIpc) is 2.48. The molecule has 1 aliphatic heterocycles. The first-order chi connectivity index (χ1) is 9.38. The molecule has 0 spiro atoms. The summed E-state index contributed by atoms with van der Waals surface area (Å²) in [5, 5.41) is 4.24. The number of benzene rings is 2. The van der Waals surface area contributed by atoms with Gasteiger partial charge in [0.15, 0.2) is 0 Å². The fraction of sp³-hybridized carbons (Fsp3) is 0.188. The van der Waals surface area contributed by atoms with Gasteiger partial charge in [-0.2, -0.15) is 5.10 Å². The summed E-state index contributed by atoms with van der Waals surface area (Å²) in [5.41, 5.74) is 8.01. The number of hydrogen-bond donors (Lipinski definition) is 1. The van der Waals surface area contributed by atoms with Crippen molar-refractivity contribution < 1.29 is 4.74 Å². The third kappa shape index (κ3) is 2.37. The highest BCUT2D eigenvalue weighted by Gasteiger charge is 2.18. The Kier molecular flexibility index (Phi) is 3.29. The van der Waals surface area contributed by atoms with Gasteiger partial charge in [0.05, 0.1) is 18.9 Å². The summed E-state index contributed by atoms with van der Waals surface area (Å²) >= 11 is 0. The molecule has 1 N–H and O–H groups in total. The maximum atomic E-state index is 5.13. The molecule has 3 heteroatoms. The largest absolute Gasteiger partial charge is 0.380 e. The minimum Gasteiger partial charge on any atom is -0.380 e. The molecule has 0 radical (unpaired) electrons. The molecule has 0 aromatic heterocycles. The molecule has 0 unspecified atom stereocenters. The minimum atomic E-state index is 0.123. The van der Waals surface area contributed by atoms with E-state index in [4.69, 9.17) is 4.74 Å². The average molecular weight is 252 g/mol. The summed E-state index contributed by atoms with van der Waals surface area (Å²) in [5.74, 6) is 0. The van der Waals surface area contributed by atoms with Gasteiger partial charge in [0, 0.05) is 12.7 Å². The lowest BCUT2D eigenvalue weighted by atomic mass is 9.94. The summed E-state index contributed by atoms with van der Waals surface area (Å²) in [7, 11) is 1.71. The Morgan fingerprint density at radius 3 is 2.68 bits per heavy atom. The van der Waals surface area contributed by atoms with E-state index in [9.17, 15) is 0 Å². The van der Waals surface area contributed by atoms with E-state index in [1.54, 1.807) is 7.11 Å². The highest BCUT2D eigenvalue weighted by Crippen LogP contribution is 2.26. The molecule has 0 bridgehead atoms. The number of nitrogens with one attached hydrogen (secondary N) is 1. The van der Waals surface area contributed by atoms with Gasteiger partial charge >= 0.3 is 0 Å². The smallest absolute Gasteiger partial charge is 0.0946 e. The lowest BCUT2D eigenvalue weighted by molar-refractivity contribution is 0.185. The highest BCUT2D eigenvalue weighted by atomic mass is 16.5. The summed E-state index contributed by atoms with van der Waals surface area (Å²) < 4.78 is 5.13. The van der Waals surface area contributed by atoms with Crippen LogP contribution < -0.4 is 5.43 Å². The zero-order valence-electron chi connectivity index (χ0n) is 10.8.